The molecule has 1 heterocycles. The standard InChI is InChI=1S/C21H17ClN4O6/c1-3-32-21(29)19-15(11-18(27)25(24-19)16-7-5-4-6-12(16)2)23-20(28)14-10-13(22)8-9-17(14)26(30)31/h4-11H,3H2,1-2H3,(H,23,28). The van der Waals surface area contributed by atoms with Crippen LogP contribution in [0.25, 0.3) is 5.69 Å². The van der Waals surface area contributed by atoms with Crippen LogP contribution in [-0.2, 0) is 4.74 Å². The fourth-order valence-electron chi connectivity index (χ4n) is 2.91. The molecule has 0 aliphatic carbocycles. The molecule has 164 valence electrons. The van der Waals surface area contributed by atoms with Crippen molar-refractivity contribution in [1.29, 1.82) is 0 Å². The topological polar surface area (TPSA) is 133 Å². The Labute approximate surface area is 186 Å². The smallest absolute Gasteiger partial charge is 0.360 e. The largest absolute Gasteiger partial charge is 0.461 e. The monoisotopic (exact) mass is 456 g/mol. The molecule has 0 saturated heterocycles. The van der Waals surface area contributed by atoms with E-state index in [1.165, 1.54) is 6.07 Å². The Bertz CT molecular complexity index is 1290. The number of aryl methyl sites for hydroxylation is 1. The number of anilines is 1. The number of halogens is 1. The SMILES string of the molecule is CCOC(=O)c1nn(-c2ccccc2C)c(=O)cc1NC(=O)c1cc(Cl)ccc1[N+](=O)[O-]. The maximum atomic E-state index is 12.8. The third-order valence-electron chi connectivity index (χ3n) is 4.39. The van der Waals surface area contributed by atoms with E-state index in [4.69, 9.17) is 16.3 Å². The lowest BCUT2D eigenvalue weighted by Gasteiger charge is -2.13. The number of nitro benzene ring substituents is 1. The number of aromatic nitrogens is 2. The molecule has 2 aromatic carbocycles. The highest BCUT2D eigenvalue weighted by atomic mass is 35.5. The molecule has 0 aliphatic heterocycles. The minimum Gasteiger partial charge on any atom is -0.461 e. The van der Waals surface area contributed by atoms with Gasteiger partial charge >= 0.3 is 5.97 Å². The van der Waals surface area contributed by atoms with E-state index < -0.39 is 28.0 Å². The fourth-order valence-corrected chi connectivity index (χ4v) is 3.09. The number of hydrogen-bond donors (Lipinski definition) is 1. The lowest BCUT2D eigenvalue weighted by molar-refractivity contribution is -0.385. The van der Waals surface area contributed by atoms with Crippen molar-refractivity contribution in [3.63, 3.8) is 0 Å². The molecule has 1 aromatic heterocycles. The summed E-state index contributed by atoms with van der Waals surface area (Å²) in [7, 11) is 0. The first-order valence-electron chi connectivity index (χ1n) is 9.35. The quantitative estimate of drug-likeness (QED) is 0.340. The van der Waals surface area contributed by atoms with Crippen molar-refractivity contribution < 1.29 is 19.2 Å². The van der Waals surface area contributed by atoms with Crippen LogP contribution in [-0.4, -0.2) is 33.2 Å². The molecule has 0 atom stereocenters. The van der Waals surface area contributed by atoms with Crippen LogP contribution in [0.5, 0.6) is 0 Å². The second-order valence-electron chi connectivity index (χ2n) is 6.54. The van der Waals surface area contributed by atoms with Gasteiger partial charge in [-0.1, -0.05) is 29.8 Å². The summed E-state index contributed by atoms with van der Waals surface area (Å²) in [6.45, 7) is 3.38. The second kappa shape index (κ2) is 9.40. The van der Waals surface area contributed by atoms with Gasteiger partial charge in [0, 0.05) is 17.2 Å². The van der Waals surface area contributed by atoms with Gasteiger partial charge in [-0.3, -0.25) is 19.7 Å². The third-order valence-corrected chi connectivity index (χ3v) is 4.63. The number of rotatable bonds is 6. The lowest BCUT2D eigenvalue weighted by atomic mass is 10.1. The van der Waals surface area contributed by atoms with Gasteiger partial charge in [0.05, 0.1) is 22.9 Å². The van der Waals surface area contributed by atoms with Crippen molar-refractivity contribution in [3.05, 3.63) is 90.8 Å². The van der Waals surface area contributed by atoms with Gasteiger partial charge in [-0.25, -0.2) is 4.79 Å². The number of carbonyl (C=O) groups is 2. The first-order chi connectivity index (χ1) is 15.2. The highest BCUT2D eigenvalue weighted by Crippen LogP contribution is 2.24. The number of esters is 1. The van der Waals surface area contributed by atoms with Crippen LogP contribution in [0.15, 0.2) is 53.3 Å². The summed E-state index contributed by atoms with van der Waals surface area (Å²) >= 11 is 5.88. The summed E-state index contributed by atoms with van der Waals surface area (Å²) < 4.78 is 6.01. The average molecular weight is 457 g/mol. The van der Waals surface area contributed by atoms with Crippen molar-refractivity contribution in [1.82, 2.24) is 9.78 Å². The molecular formula is C21H17ClN4O6. The number of hydrogen-bond acceptors (Lipinski definition) is 7. The van der Waals surface area contributed by atoms with Crippen molar-refractivity contribution in [2.24, 2.45) is 0 Å². The Morgan fingerprint density at radius 3 is 2.59 bits per heavy atom. The highest BCUT2D eigenvalue weighted by molar-refractivity contribution is 6.31. The van der Waals surface area contributed by atoms with E-state index in [9.17, 15) is 24.5 Å². The van der Waals surface area contributed by atoms with Gasteiger partial charge in [0.15, 0.2) is 5.69 Å². The Kier molecular flexibility index (Phi) is 6.64. The van der Waals surface area contributed by atoms with Crippen LogP contribution in [0, 0.1) is 17.0 Å². The molecular weight excluding hydrogens is 440 g/mol. The van der Waals surface area contributed by atoms with E-state index in [2.05, 4.69) is 10.4 Å². The summed E-state index contributed by atoms with van der Waals surface area (Å²) in [5, 5.41) is 17.8. The first-order valence-corrected chi connectivity index (χ1v) is 9.73. The predicted molar refractivity (Wildman–Crippen MR) is 117 cm³/mol. The molecule has 0 saturated carbocycles. The summed E-state index contributed by atoms with van der Waals surface area (Å²) in [4.78, 5) is 48.6. The maximum absolute atomic E-state index is 12.8. The normalized spacial score (nSPS) is 10.5. The number of para-hydroxylation sites is 1. The highest BCUT2D eigenvalue weighted by Gasteiger charge is 2.25. The summed E-state index contributed by atoms with van der Waals surface area (Å²) in [6.07, 6.45) is 0. The number of amides is 1. The second-order valence-corrected chi connectivity index (χ2v) is 6.97. The van der Waals surface area contributed by atoms with Crippen LogP contribution in [0.4, 0.5) is 11.4 Å². The number of benzene rings is 2. The van der Waals surface area contributed by atoms with Gasteiger partial charge in [-0.15, -0.1) is 0 Å². The van der Waals surface area contributed by atoms with Crippen LogP contribution >= 0.6 is 11.6 Å². The van der Waals surface area contributed by atoms with E-state index in [0.717, 1.165) is 28.4 Å². The number of carbonyl (C=O) groups excluding carboxylic acids is 2. The van der Waals surface area contributed by atoms with E-state index in [1.807, 2.05) is 0 Å². The van der Waals surface area contributed by atoms with Gasteiger partial charge < -0.3 is 10.1 Å². The average Bonchev–Trinajstić information content (AvgIpc) is 2.74. The molecule has 32 heavy (non-hydrogen) atoms. The van der Waals surface area contributed by atoms with Gasteiger partial charge in [0.25, 0.3) is 17.2 Å². The molecule has 1 amide bonds. The van der Waals surface area contributed by atoms with Crippen LogP contribution in [0.3, 0.4) is 0 Å². The van der Waals surface area contributed by atoms with E-state index in [0.29, 0.717) is 5.69 Å². The first kappa shape index (κ1) is 22.6. The zero-order chi connectivity index (χ0) is 23.4. The maximum Gasteiger partial charge on any atom is 0.360 e. The van der Waals surface area contributed by atoms with Crippen LogP contribution in [0.2, 0.25) is 5.02 Å². The molecule has 0 spiro atoms. The van der Waals surface area contributed by atoms with Crippen molar-refractivity contribution in [2.45, 2.75) is 13.8 Å². The van der Waals surface area contributed by atoms with Gasteiger partial charge in [-0.05, 0) is 37.6 Å². The van der Waals surface area contributed by atoms with Crippen LogP contribution in [0.1, 0.15) is 33.3 Å². The Morgan fingerprint density at radius 1 is 1.22 bits per heavy atom. The van der Waals surface area contributed by atoms with E-state index in [-0.39, 0.29) is 28.6 Å². The number of ether oxygens (including phenoxy) is 1. The van der Waals surface area contributed by atoms with E-state index in [1.54, 1.807) is 38.1 Å². The predicted octanol–water partition coefficient (Wildman–Crippen LogP) is 3.53. The lowest BCUT2D eigenvalue weighted by Crippen LogP contribution is -2.27. The van der Waals surface area contributed by atoms with Crippen molar-refractivity contribution in [2.75, 3.05) is 11.9 Å². The minimum absolute atomic E-state index is 0.0250. The van der Waals surface area contributed by atoms with Gasteiger partial charge in [0.1, 0.15) is 5.56 Å². The Morgan fingerprint density at radius 2 is 1.94 bits per heavy atom. The minimum atomic E-state index is -0.945. The molecule has 3 aromatic rings. The molecule has 11 heteroatoms. The molecule has 0 fully saturated rings. The molecule has 0 unspecified atom stereocenters. The zero-order valence-electron chi connectivity index (χ0n) is 17.0. The molecule has 3 rings (SSSR count). The van der Waals surface area contributed by atoms with Crippen molar-refractivity contribution in [3.8, 4) is 5.69 Å². The molecule has 1 N–H and O–H groups in total. The molecule has 10 nitrogen and oxygen atoms in total. The molecule has 0 radical (unpaired) electrons. The van der Waals surface area contributed by atoms with Gasteiger partial charge in [0.2, 0.25) is 0 Å². The number of nitro groups is 1. The van der Waals surface area contributed by atoms with E-state index >= 15 is 0 Å². The summed E-state index contributed by atoms with van der Waals surface area (Å²) in [5.41, 5.74) is -0.908. The molecule has 0 bridgehead atoms. The number of nitrogens with one attached hydrogen (secondary N) is 1. The third kappa shape index (κ3) is 4.65. The number of nitrogens with zero attached hydrogens (tertiary/aromatic N) is 3. The van der Waals surface area contributed by atoms with Gasteiger partial charge in [-0.2, -0.15) is 9.78 Å². The van der Waals surface area contributed by atoms with Crippen molar-refractivity contribution >= 4 is 34.9 Å². The summed E-state index contributed by atoms with van der Waals surface area (Å²) in [6, 6.07) is 11.4. The van der Waals surface area contributed by atoms with Crippen LogP contribution < -0.4 is 10.9 Å². The Hall–Kier alpha value is -4.05. The fraction of sp³-hybridized carbons (Fsp3) is 0.143. The molecule has 0 aliphatic rings. The Balaban J connectivity index is 2.12. The summed E-state index contributed by atoms with van der Waals surface area (Å²) in [5.74, 6) is -1.83. The zero-order valence-corrected chi connectivity index (χ0v) is 17.8.